The third kappa shape index (κ3) is 3.73. The first-order valence-electron chi connectivity index (χ1n) is 7.68. The van der Waals surface area contributed by atoms with Gasteiger partial charge in [0.25, 0.3) is 0 Å². The van der Waals surface area contributed by atoms with E-state index in [1.54, 1.807) is 11.3 Å². The first-order valence-corrected chi connectivity index (χ1v) is 8.56. The van der Waals surface area contributed by atoms with Gasteiger partial charge in [-0.2, -0.15) is 5.10 Å². The number of rotatable bonds is 5. The predicted octanol–water partition coefficient (Wildman–Crippen LogP) is 3.31. The SMILES string of the molecule is O=C(NCCn1ccc(-c2cccs2)n1)C1CCCCC1. The van der Waals surface area contributed by atoms with E-state index >= 15 is 0 Å². The van der Waals surface area contributed by atoms with Gasteiger partial charge in [-0.1, -0.05) is 25.3 Å². The minimum Gasteiger partial charge on any atom is -0.354 e. The first kappa shape index (κ1) is 14.3. The lowest BCUT2D eigenvalue weighted by Gasteiger charge is -2.20. The molecule has 0 aromatic carbocycles. The van der Waals surface area contributed by atoms with Gasteiger partial charge in [0, 0.05) is 18.7 Å². The third-order valence-corrected chi connectivity index (χ3v) is 4.92. The molecule has 0 bridgehead atoms. The molecule has 1 saturated carbocycles. The predicted molar refractivity (Wildman–Crippen MR) is 85.1 cm³/mol. The zero-order chi connectivity index (χ0) is 14.5. The summed E-state index contributed by atoms with van der Waals surface area (Å²) in [6, 6.07) is 6.13. The van der Waals surface area contributed by atoms with Gasteiger partial charge in [0.15, 0.2) is 0 Å². The Kier molecular flexibility index (Phi) is 4.70. The molecule has 0 saturated heterocycles. The Labute approximate surface area is 129 Å². The molecule has 21 heavy (non-hydrogen) atoms. The van der Waals surface area contributed by atoms with Crippen LogP contribution in [0.1, 0.15) is 32.1 Å². The van der Waals surface area contributed by atoms with Crippen LogP contribution in [0.25, 0.3) is 10.6 Å². The van der Waals surface area contributed by atoms with Crippen molar-refractivity contribution >= 4 is 17.2 Å². The van der Waals surface area contributed by atoms with E-state index in [1.165, 1.54) is 24.1 Å². The van der Waals surface area contributed by atoms with Gasteiger partial charge < -0.3 is 5.32 Å². The zero-order valence-corrected chi connectivity index (χ0v) is 12.9. The lowest BCUT2D eigenvalue weighted by molar-refractivity contribution is -0.125. The summed E-state index contributed by atoms with van der Waals surface area (Å²) >= 11 is 1.69. The molecule has 1 N–H and O–H groups in total. The smallest absolute Gasteiger partial charge is 0.223 e. The Hall–Kier alpha value is -1.62. The Bertz CT molecular complexity index is 570. The van der Waals surface area contributed by atoms with Gasteiger partial charge in [-0.3, -0.25) is 9.48 Å². The number of nitrogens with one attached hydrogen (secondary N) is 1. The van der Waals surface area contributed by atoms with Crippen LogP contribution in [0.4, 0.5) is 0 Å². The number of carbonyl (C=O) groups excluding carboxylic acids is 1. The van der Waals surface area contributed by atoms with Gasteiger partial charge in [0.2, 0.25) is 5.91 Å². The summed E-state index contributed by atoms with van der Waals surface area (Å²) < 4.78 is 1.90. The van der Waals surface area contributed by atoms with Crippen LogP contribution < -0.4 is 5.32 Å². The maximum absolute atomic E-state index is 12.0. The second kappa shape index (κ2) is 6.89. The van der Waals surface area contributed by atoms with Gasteiger partial charge in [0.05, 0.1) is 11.4 Å². The van der Waals surface area contributed by atoms with Crippen molar-refractivity contribution in [2.75, 3.05) is 6.54 Å². The molecule has 3 rings (SSSR count). The van der Waals surface area contributed by atoms with Crippen molar-refractivity contribution in [3.05, 3.63) is 29.8 Å². The van der Waals surface area contributed by atoms with Crippen LogP contribution in [0.3, 0.4) is 0 Å². The Morgan fingerprint density at radius 2 is 2.19 bits per heavy atom. The highest BCUT2D eigenvalue weighted by atomic mass is 32.1. The molecule has 1 aliphatic carbocycles. The molecular weight excluding hydrogens is 282 g/mol. The van der Waals surface area contributed by atoms with Gasteiger partial charge in [-0.25, -0.2) is 0 Å². The van der Waals surface area contributed by atoms with E-state index in [4.69, 9.17) is 0 Å². The Balaban J connectivity index is 1.46. The van der Waals surface area contributed by atoms with Crippen LogP contribution in [-0.4, -0.2) is 22.2 Å². The first-order chi connectivity index (χ1) is 10.3. The second-order valence-corrected chi connectivity index (χ2v) is 6.52. The number of amides is 1. The molecule has 0 radical (unpaired) electrons. The summed E-state index contributed by atoms with van der Waals surface area (Å²) in [6.07, 6.45) is 7.75. The molecule has 1 amide bonds. The molecule has 5 heteroatoms. The summed E-state index contributed by atoms with van der Waals surface area (Å²) in [4.78, 5) is 13.2. The van der Waals surface area contributed by atoms with Crippen molar-refractivity contribution in [2.45, 2.75) is 38.6 Å². The molecule has 1 fully saturated rings. The van der Waals surface area contributed by atoms with Crippen LogP contribution in [-0.2, 0) is 11.3 Å². The molecule has 1 aliphatic rings. The van der Waals surface area contributed by atoms with Crippen molar-refractivity contribution in [1.82, 2.24) is 15.1 Å². The monoisotopic (exact) mass is 303 g/mol. The fraction of sp³-hybridized carbons (Fsp3) is 0.500. The Morgan fingerprint density at radius 3 is 2.95 bits per heavy atom. The van der Waals surface area contributed by atoms with E-state index in [-0.39, 0.29) is 11.8 Å². The highest BCUT2D eigenvalue weighted by molar-refractivity contribution is 7.13. The molecule has 0 unspecified atom stereocenters. The van der Waals surface area contributed by atoms with E-state index in [0.29, 0.717) is 6.54 Å². The zero-order valence-electron chi connectivity index (χ0n) is 12.1. The van der Waals surface area contributed by atoms with E-state index in [2.05, 4.69) is 21.9 Å². The molecule has 2 aromatic rings. The lowest BCUT2D eigenvalue weighted by Crippen LogP contribution is -2.34. The van der Waals surface area contributed by atoms with Gasteiger partial charge >= 0.3 is 0 Å². The molecule has 0 atom stereocenters. The summed E-state index contributed by atoms with van der Waals surface area (Å²) in [5, 5.41) is 9.64. The number of nitrogens with zero attached hydrogens (tertiary/aromatic N) is 2. The topological polar surface area (TPSA) is 46.9 Å². The van der Waals surface area contributed by atoms with Crippen molar-refractivity contribution < 1.29 is 4.79 Å². The largest absolute Gasteiger partial charge is 0.354 e. The maximum Gasteiger partial charge on any atom is 0.223 e. The molecule has 112 valence electrons. The minimum atomic E-state index is 0.223. The average Bonchev–Trinajstić information content (AvgIpc) is 3.19. The number of aromatic nitrogens is 2. The van der Waals surface area contributed by atoms with Crippen LogP contribution in [0.2, 0.25) is 0 Å². The summed E-state index contributed by atoms with van der Waals surface area (Å²) in [6.45, 7) is 1.38. The van der Waals surface area contributed by atoms with Crippen LogP contribution >= 0.6 is 11.3 Å². The Morgan fingerprint density at radius 1 is 1.33 bits per heavy atom. The average molecular weight is 303 g/mol. The van der Waals surface area contributed by atoms with Crippen LogP contribution in [0.5, 0.6) is 0 Å². The van der Waals surface area contributed by atoms with Crippen molar-refractivity contribution in [2.24, 2.45) is 5.92 Å². The van der Waals surface area contributed by atoms with Gasteiger partial charge in [-0.05, 0) is 30.4 Å². The van der Waals surface area contributed by atoms with E-state index in [1.807, 2.05) is 23.0 Å². The number of carbonyl (C=O) groups is 1. The summed E-state index contributed by atoms with van der Waals surface area (Å²) in [5.74, 6) is 0.457. The molecular formula is C16H21N3OS. The van der Waals surface area contributed by atoms with Crippen molar-refractivity contribution in [3.8, 4) is 10.6 Å². The van der Waals surface area contributed by atoms with Crippen molar-refractivity contribution in [3.63, 3.8) is 0 Å². The summed E-state index contributed by atoms with van der Waals surface area (Å²) in [5.41, 5.74) is 1.00. The van der Waals surface area contributed by atoms with E-state index in [0.717, 1.165) is 25.1 Å². The van der Waals surface area contributed by atoms with Gasteiger partial charge in [-0.15, -0.1) is 11.3 Å². The molecule has 4 nitrogen and oxygen atoms in total. The fourth-order valence-corrected chi connectivity index (χ4v) is 3.54. The quantitative estimate of drug-likeness (QED) is 0.921. The third-order valence-electron chi connectivity index (χ3n) is 4.03. The number of thiophene rings is 1. The van der Waals surface area contributed by atoms with E-state index in [9.17, 15) is 4.79 Å². The van der Waals surface area contributed by atoms with E-state index < -0.39 is 0 Å². The highest BCUT2D eigenvalue weighted by Crippen LogP contribution is 2.24. The van der Waals surface area contributed by atoms with Crippen molar-refractivity contribution in [1.29, 1.82) is 0 Å². The lowest BCUT2D eigenvalue weighted by atomic mass is 9.89. The standard InChI is InChI=1S/C16H21N3OS/c20-16(13-5-2-1-3-6-13)17-9-11-19-10-8-14(18-19)15-7-4-12-21-15/h4,7-8,10,12-13H,1-3,5-6,9,11H2,(H,17,20). The van der Waals surface area contributed by atoms with Gasteiger partial charge in [0.1, 0.15) is 5.69 Å². The van der Waals surface area contributed by atoms with Crippen LogP contribution in [0.15, 0.2) is 29.8 Å². The molecule has 0 spiro atoms. The number of hydrogen-bond acceptors (Lipinski definition) is 3. The minimum absolute atomic E-state index is 0.223. The number of hydrogen-bond donors (Lipinski definition) is 1. The molecule has 2 heterocycles. The second-order valence-electron chi connectivity index (χ2n) is 5.57. The van der Waals surface area contributed by atoms with Crippen LogP contribution in [0, 0.1) is 5.92 Å². The molecule has 0 aliphatic heterocycles. The fourth-order valence-electron chi connectivity index (χ4n) is 2.84. The normalized spacial score (nSPS) is 16.0. The highest BCUT2D eigenvalue weighted by Gasteiger charge is 2.20. The maximum atomic E-state index is 12.0. The molecule has 2 aromatic heterocycles. The summed E-state index contributed by atoms with van der Waals surface area (Å²) in [7, 11) is 0.